The second kappa shape index (κ2) is 20.7. The zero-order valence-electron chi connectivity index (χ0n) is 31.0. The number of carboxylic acid groups (broad SMARTS) is 2. The second-order valence-corrected chi connectivity index (χ2v) is 13.3. The minimum atomic E-state index is -3.23. The van der Waals surface area contributed by atoms with Crippen LogP contribution in [0.2, 0.25) is 0 Å². The number of benzene rings is 4. The molecule has 23 nitrogen and oxygen atoms in total. The number of nitrogen functional groups attached to an aromatic ring is 1. The van der Waals surface area contributed by atoms with E-state index in [-0.39, 0.29) is 83.1 Å². The van der Waals surface area contributed by atoms with Gasteiger partial charge in [0, 0.05) is 45.6 Å². The number of fused-ring (bicyclic) bond motifs is 2. The summed E-state index contributed by atoms with van der Waals surface area (Å²) in [5, 5.41) is 35.4. The van der Waals surface area contributed by atoms with Crippen molar-refractivity contribution in [2.24, 2.45) is 5.11 Å². The smallest absolute Gasteiger partial charge is 0.336 e. The first-order chi connectivity index (χ1) is 29.2. The Balaban J connectivity index is 1.34. The third kappa shape index (κ3) is 11.5. The van der Waals surface area contributed by atoms with Crippen molar-refractivity contribution in [1.29, 1.82) is 5.41 Å². The minimum Gasteiger partial charge on any atom is -0.740 e. The molecule has 0 fully saturated rings. The molecule has 5 rings (SSSR count). The Labute approximate surface area is 347 Å². The molecule has 1 aliphatic carbocycles. The van der Waals surface area contributed by atoms with Crippen LogP contribution in [0.25, 0.3) is 43.9 Å². The van der Waals surface area contributed by atoms with Gasteiger partial charge in [-0.25, -0.2) is 18.0 Å². The van der Waals surface area contributed by atoms with Gasteiger partial charge in [-0.05, 0) is 71.8 Å². The second-order valence-electron chi connectivity index (χ2n) is 12.1. The number of rotatable bonds is 21. The van der Waals surface area contributed by atoms with E-state index < -0.39 is 87.5 Å². The van der Waals surface area contributed by atoms with E-state index in [1.165, 1.54) is 54.6 Å². The van der Waals surface area contributed by atoms with E-state index in [0.717, 1.165) is 12.1 Å². The van der Waals surface area contributed by atoms with Crippen LogP contribution < -0.4 is 34.8 Å². The van der Waals surface area contributed by atoms with Crippen molar-refractivity contribution in [2.75, 3.05) is 45.3 Å². The van der Waals surface area contributed by atoms with Gasteiger partial charge in [0.15, 0.2) is 17.6 Å². The number of hydrogen-bond donors (Lipinski definition) is 6. The fraction of sp³-hybridized carbons (Fsp3) is 0.194. The molecule has 2 aliphatic rings. The highest BCUT2D eigenvalue weighted by atomic mass is 32.2. The molecule has 0 radical (unpaired) electrons. The van der Waals surface area contributed by atoms with Crippen molar-refractivity contribution in [2.45, 2.75) is 6.23 Å². The van der Waals surface area contributed by atoms with Gasteiger partial charge in [0.25, 0.3) is 11.8 Å². The first kappa shape index (κ1) is 45.0. The maximum Gasteiger partial charge on any atom is 0.336 e. The van der Waals surface area contributed by atoms with E-state index in [0.29, 0.717) is 0 Å². The van der Waals surface area contributed by atoms with Gasteiger partial charge in [0.1, 0.15) is 47.0 Å². The molecule has 3 atom stereocenters. The predicted octanol–water partition coefficient (Wildman–Crippen LogP) is 2.60. The predicted molar refractivity (Wildman–Crippen MR) is 209 cm³/mol. The molecule has 3 aromatic carbocycles. The summed E-state index contributed by atoms with van der Waals surface area (Å²) in [7, 11) is 0. The lowest BCUT2D eigenvalue weighted by molar-refractivity contribution is -0.143. The van der Waals surface area contributed by atoms with E-state index in [2.05, 4.69) is 20.7 Å². The summed E-state index contributed by atoms with van der Waals surface area (Å²) in [4.78, 5) is 52.2. The Morgan fingerprint density at radius 3 is 2.25 bits per heavy atom. The van der Waals surface area contributed by atoms with Crippen LogP contribution in [0.3, 0.4) is 0 Å². The third-order valence-corrected chi connectivity index (χ3v) is 8.82. The van der Waals surface area contributed by atoms with Crippen molar-refractivity contribution in [3.05, 3.63) is 99.2 Å². The van der Waals surface area contributed by atoms with Crippen LogP contribution in [0, 0.1) is 5.41 Å². The molecule has 0 saturated carbocycles. The molecule has 3 unspecified atom stereocenters. The molecule has 0 spiro atoms. The maximum atomic E-state index is 13.4. The van der Waals surface area contributed by atoms with Gasteiger partial charge in [-0.2, -0.15) is 0 Å². The number of nitrogens with two attached hydrogens (primary N) is 1. The lowest BCUT2D eigenvalue weighted by Crippen LogP contribution is -2.34. The van der Waals surface area contributed by atoms with Crippen LogP contribution >= 0.6 is 0 Å². The first-order valence-corrected chi connectivity index (χ1v) is 19.2. The van der Waals surface area contributed by atoms with Crippen molar-refractivity contribution < 1.29 is 73.9 Å². The van der Waals surface area contributed by atoms with Gasteiger partial charge in [0.2, 0.25) is 11.5 Å². The zero-order valence-corrected chi connectivity index (χ0v) is 32.6. The van der Waals surface area contributed by atoms with Crippen molar-refractivity contribution in [3.8, 4) is 39.7 Å². The Bertz CT molecular complexity index is 2620. The van der Waals surface area contributed by atoms with Gasteiger partial charge >= 0.3 is 11.9 Å². The van der Waals surface area contributed by atoms with Crippen molar-refractivity contribution in [1.82, 2.24) is 10.6 Å². The third-order valence-electron chi connectivity index (χ3n) is 8.21. The number of nitrogens with zero attached hydrogens (tertiary/aromatic N) is 3. The molecule has 1 heterocycles. The standard InChI is InChI=1S/C36H33N7O16S2/c37-25-8-6-22-29(23-7-9-26(38)33(59-61(52)53)31(23)57-30(22)32(25)58-60(50)51)24-15-19(4-5-21(24)36(48)49)35(47)41-11-10-40-34(46)18-2-1-3-20(14-18)56-16-27(42-43-39)55-13-12-54-17-28(44)45/h1-9,14-15,27,37H,10-13,16-17,38H2,(H,40,46)(H,41,47)(H,44,45)(H,48,49)(H,50,51)(H,52,53)/p-2. The highest BCUT2D eigenvalue weighted by Gasteiger charge is 2.28. The quantitative estimate of drug-likeness (QED) is 0.0117. The number of azide groups is 1. The lowest BCUT2D eigenvalue weighted by Gasteiger charge is -2.21. The molecule has 0 saturated heterocycles. The van der Waals surface area contributed by atoms with Gasteiger partial charge < -0.3 is 62.7 Å². The lowest BCUT2D eigenvalue weighted by atomic mass is 9.89. The molecular formula is C36H31N7O16S2-2. The van der Waals surface area contributed by atoms with Crippen LogP contribution in [-0.4, -0.2) is 97.2 Å². The molecule has 1 aliphatic heterocycles. The molecule has 0 bridgehead atoms. The van der Waals surface area contributed by atoms with Crippen molar-refractivity contribution >= 4 is 63.1 Å². The number of hydrogen-bond acceptors (Lipinski definition) is 17. The Kier molecular flexibility index (Phi) is 15.3. The van der Waals surface area contributed by atoms with Crippen LogP contribution in [0.5, 0.6) is 17.2 Å². The number of carbonyl (C=O) groups excluding carboxylic acids is 2. The number of nitrogens with one attached hydrogen (secondary N) is 3. The number of aromatic carboxylic acids is 1. The number of anilines is 1. The van der Waals surface area contributed by atoms with E-state index in [1.807, 2.05) is 0 Å². The number of amides is 2. The molecule has 3 aromatic rings. The molecule has 61 heavy (non-hydrogen) atoms. The van der Waals surface area contributed by atoms with Gasteiger partial charge in [-0.1, -0.05) is 11.2 Å². The number of ether oxygens (including phenoxy) is 3. The van der Waals surface area contributed by atoms with Crippen LogP contribution in [0.1, 0.15) is 31.1 Å². The van der Waals surface area contributed by atoms with Crippen molar-refractivity contribution in [3.63, 3.8) is 0 Å². The molecule has 0 aromatic heterocycles. The topological polar surface area (TPSA) is 371 Å². The normalized spacial score (nSPS) is 12.4. The fourth-order valence-electron chi connectivity index (χ4n) is 5.68. The largest absolute Gasteiger partial charge is 0.740 e. The summed E-state index contributed by atoms with van der Waals surface area (Å²) in [6.07, 6.45) is -1.09. The number of aliphatic carboxylic acids is 1. The summed E-state index contributed by atoms with van der Waals surface area (Å²) in [5.41, 5.74) is 13.7. The highest BCUT2D eigenvalue weighted by Crippen LogP contribution is 2.47. The van der Waals surface area contributed by atoms with Crippen LogP contribution in [-0.2, 0) is 37.0 Å². The molecule has 25 heteroatoms. The van der Waals surface area contributed by atoms with E-state index >= 15 is 0 Å². The summed E-state index contributed by atoms with van der Waals surface area (Å²) >= 11 is -6.43. The number of carbonyl (C=O) groups is 4. The fourth-order valence-corrected chi connectivity index (χ4v) is 6.29. The monoisotopic (exact) mass is 881 g/mol. The zero-order chi connectivity index (χ0) is 44.2. The average molecular weight is 882 g/mol. The first-order valence-electron chi connectivity index (χ1n) is 17.2. The SMILES string of the molecule is [N-]=[N+]=NC(COc1cccc(C(=O)NCCNC(=O)c2ccc(C(=O)O)c(-c3c4ccc(=N)c(OS(=O)[O-])c-4oc4c(OS(=O)[O-])c(N)ccc34)c2)c1)OCCOCC(=O)O. The molecule has 320 valence electrons. The van der Waals surface area contributed by atoms with E-state index in [9.17, 15) is 41.8 Å². The Morgan fingerprint density at radius 2 is 1.59 bits per heavy atom. The minimum absolute atomic E-state index is 0.00945. The number of carboxylic acids is 2. The van der Waals surface area contributed by atoms with Gasteiger partial charge in [0.05, 0.1) is 24.5 Å². The summed E-state index contributed by atoms with van der Waals surface area (Å²) in [6.45, 7) is -1.14. The van der Waals surface area contributed by atoms with Gasteiger partial charge in [-0.15, -0.1) is 0 Å². The molecular weight excluding hydrogens is 851 g/mol. The molecule has 7 N–H and O–H groups in total. The molecule has 2 amide bonds. The summed E-state index contributed by atoms with van der Waals surface area (Å²) < 4.78 is 77.9. The maximum absolute atomic E-state index is 13.4. The Morgan fingerprint density at radius 1 is 0.902 bits per heavy atom. The van der Waals surface area contributed by atoms with Gasteiger partial charge in [-0.3, -0.25) is 15.0 Å². The Hall–Kier alpha value is -7.12. The van der Waals surface area contributed by atoms with E-state index in [4.69, 9.17) is 48.8 Å². The van der Waals surface area contributed by atoms with Crippen LogP contribution in [0.15, 0.2) is 76.3 Å². The summed E-state index contributed by atoms with van der Waals surface area (Å²) in [6, 6.07) is 14.6. The van der Waals surface area contributed by atoms with Crippen LogP contribution in [0.4, 0.5) is 5.69 Å². The highest BCUT2D eigenvalue weighted by molar-refractivity contribution is 7.74. The summed E-state index contributed by atoms with van der Waals surface area (Å²) in [5.74, 6) is -5.28. The van der Waals surface area contributed by atoms with E-state index in [1.54, 1.807) is 0 Å². The average Bonchev–Trinajstić information content (AvgIpc) is 3.22.